The van der Waals surface area contributed by atoms with Crippen molar-refractivity contribution in [2.45, 2.75) is 26.1 Å². The lowest BCUT2D eigenvalue weighted by Crippen LogP contribution is -2.50. The minimum atomic E-state index is -4.52. The van der Waals surface area contributed by atoms with Crippen LogP contribution in [0.5, 0.6) is 5.75 Å². The maximum atomic E-state index is 14.0. The summed E-state index contributed by atoms with van der Waals surface area (Å²) in [5, 5.41) is 17.5. The van der Waals surface area contributed by atoms with Gasteiger partial charge in [-0.25, -0.2) is 0 Å². The second kappa shape index (κ2) is 12.7. The summed E-state index contributed by atoms with van der Waals surface area (Å²) in [7, 11) is 0. The highest BCUT2D eigenvalue weighted by atomic mass is 35.5. The first-order chi connectivity index (χ1) is 22.4. The molecule has 1 fully saturated rings. The van der Waals surface area contributed by atoms with Crippen LogP contribution in [0.4, 0.5) is 24.5 Å². The van der Waals surface area contributed by atoms with Crippen LogP contribution in [0.15, 0.2) is 53.3 Å². The number of carbonyl (C=O) groups is 2. The van der Waals surface area contributed by atoms with E-state index in [9.17, 15) is 32.7 Å². The summed E-state index contributed by atoms with van der Waals surface area (Å²) in [6, 6.07) is 8.51. The molecule has 2 amide bonds. The third-order valence-corrected chi connectivity index (χ3v) is 8.43. The normalized spacial score (nSPS) is 15.6. The first-order valence-corrected chi connectivity index (χ1v) is 15.1. The molecule has 2 aromatic carbocycles. The van der Waals surface area contributed by atoms with Crippen LogP contribution in [-0.2, 0) is 22.3 Å². The Labute approximate surface area is 270 Å². The number of halogens is 4. The molecule has 4 heterocycles. The number of phenolic OH excluding ortho intramolecular Hbond substituents is 1. The molecule has 0 unspecified atom stereocenters. The number of anilines is 2. The maximum absolute atomic E-state index is 14.0. The van der Waals surface area contributed by atoms with Crippen molar-refractivity contribution >= 4 is 46.1 Å². The fraction of sp³-hybridized carbons (Fsp3) is 0.323. The van der Waals surface area contributed by atoms with Gasteiger partial charge >= 0.3 is 6.18 Å². The molecule has 0 aliphatic carbocycles. The Bertz CT molecular complexity index is 1930. The lowest BCUT2D eigenvalue weighted by atomic mass is 10.1. The van der Waals surface area contributed by atoms with Gasteiger partial charge in [0, 0.05) is 37.6 Å². The molecule has 246 valence electrons. The van der Waals surface area contributed by atoms with Gasteiger partial charge in [-0.15, -0.1) is 5.10 Å². The molecule has 47 heavy (non-hydrogen) atoms. The number of alkyl halides is 3. The number of piperazine rings is 1. The molecule has 2 aliphatic heterocycles. The van der Waals surface area contributed by atoms with Crippen molar-refractivity contribution in [2.24, 2.45) is 0 Å². The summed E-state index contributed by atoms with van der Waals surface area (Å²) in [5.41, 5.74) is 0.304. The van der Waals surface area contributed by atoms with Crippen LogP contribution in [-0.4, -0.2) is 80.4 Å². The van der Waals surface area contributed by atoms with Gasteiger partial charge in [0.2, 0.25) is 11.7 Å². The van der Waals surface area contributed by atoms with Gasteiger partial charge in [0.05, 0.1) is 29.4 Å². The second-order valence-electron chi connectivity index (χ2n) is 11.1. The Hall–Kier alpha value is -4.89. The van der Waals surface area contributed by atoms with Crippen molar-refractivity contribution in [3.05, 3.63) is 86.6 Å². The van der Waals surface area contributed by atoms with E-state index in [-0.39, 0.29) is 66.2 Å². The predicted octanol–water partition coefficient (Wildman–Crippen LogP) is 3.98. The molecule has 6 rings (SSSR count). The summed E-state index contributed by atoms with van der Waals surface area (Å²) >= 11 is 6.19. The number of carbonyl (C=O) groups excluding carboxylic acids is 2. The number of aromatic nitrogens is 4. The number of hydrogen-bond acceptors (Lipinski definition) is 8. The number of amides is 2. The molecule has 2 N–H and O–H groups in total. The van der Waals surface area contributed by atoms with Gasteiger partial charge in [-0.1, -0.05) is 23.7 Å². The van der Waals surface area contributed by atoms with E-state index in [1.807, 2.05) is 6.08 Å². The standard InChI is InChI=1S/C31H29ClF3N7O5/c1-18-26(39-11-13-40(14-12-39)28(45)25-22(32)3-2-4-23(25)43)29(46)42-30(37-27(38-42)19-9-15-47-16-10-19)41(18)17-24(44)36-21-7-5-20(6-8-21)31(33,34)35/h2-9,43H,10-17H2,1H3,(H,36,44). The number of aromatic hydroxyl groups is 1. The van der Waals surface area contributed by atoms with Gasteiger partial charge in [-0.2, -0.15) is 22.7 Å². The molecule has 0 saturated carbocycles. The van der Waals surface area contributed by atoms with Gasteiger partial charge < -0.3 is 29.5 Å². The van der Waals surface area contributed by atoms with Crippen molar-refractivity contribution in [3.63, 3.8) is 0 Å². The Morgan fingerprint density at radius 2 is 1.81 bits per heavy atom. The Balaban J connectivity index is 1.31. The smallest absolute Gasteiger partial charge is 0.416 e. The van der Waals surface area contributed by atoms with Crippen LogP contribution in [0.25, 0.3) is 11.4 Å². The largest absolute Gasteiger partial charge is 0.507 e. The van der Waals surface area contributed by atoms with Crippen LogP contribution in [0.2, 0.25) is 5.02 Å². The van der Waals surface area contributed by atoms with Crippen LogP contribution >= 0.6 is 11.6 Å². The van der Waals surface area contributed by atoms with Crippen LogP contribution < -0.4 is 15.8 Å². The van der Waals surface area contributed by atoms with Gasteiger partial charge in [-0.05, 0) is 55.3 Å². The van der Waals surface area contributed by atoms with Crippen molar-refractivity contribution in [2.75, 3.05) is 49.6 Å². The van der Waals surface area contributed by atoms with E-state index in [1.165, 1.54) is 27.7 Å². The SMILES string of the molecule is Cc1c(N2CCN(C(=O)c3c(O)cccc3Cl)CC2)c(=O)n2nc(C3=CCOCC3)nc2n1CC(=O)Nc1ccc(C(F)(F)F)cc1. The fourth-order valence-electron chi connectivity index (χ4n) is 5.67. The topological polar surface area (TPSA) is 134 Å². The van der Waals surface area contributed by atoms with Crippen LogP contribution in [0.1, 0.15) is 33.9 Å². The maximum Gasteiger partial charge on any atom is 0.416 e. The zero-order valence-electron chi connectivity index (χ0n) is 25.1. The van der Waals surface area contributed by atoms with E-state index in [0.29, 0.717) is 31.2 Å². The van der Waals surface area contributed by atoms with Crippen molar-refractivity contribution in [1.29, 1.82) is 0 Å². The highest BCUT2D eigenvalue weighted by Gasteiger charge is 2.31. The third-order valence-electron chi connectivity index (χ3n) is 8.11. The van der Waals surface area contributed by atoms with Gasteiger partial charge in [0.25, 0.3) is 11.5 Å². The third kappa shape index (κ3) is 6.40. The summed E-state index contributed by atoms with van der Waals surface area (Å²) in [5.74, 6) is -0.805. The lowest BCUT2D eigenvalue weighted by molar-refractivity contribution is -0.137. The first kappa shape index (κ1) is 32.1. The Morgan fingerprint density at radius 3 is 2.45 bits per heavy atom. The average Bonchev–Trinajstić information content (AvgIpc) is 3.50. The number of hydrogen-bond donors (Lipinski definition) is 2. The molecule has 0 spiro atoms. The molecular formula is C31H29ClF3N7O5. The number of rotatable bonds is 6. The number of benzene rings is 2. The number of ether oxygens (including phenoxy) is 1. The zero-order chi connectivity index (χ0) is 33.5. The molecule has 4 aromatic rings. The van der Waals surface area contributed by atoms with Gasteiger partial charge in [0.1, 0.15) is 18.0 Å². The lowest BCUT2D eigenvalue weighted by Gasteiger charge is -2.36. The Morgan fingerprint density at radius 1 is 1.09 bits per heavy atom. The summed E-state index contributed by atoms with van der Waals surface area (Å²) in [6.07, 6.45) is -2.16. The summed E-state index contributed by atoms with van der Waals surface area (Å²) in [6.45, 7) is 3.09. The molecule has 0 atom stereocenters. The predicted molar refractivity (Wildman–Crippen MR) is 167 cm³/mol. The second-order valence-corrected chi connectivity index (χ2v) is 11.5. The summed E-state index contributed by atoms with van der Waals surface area (Å²) < 4.78 is 47.1. The minimum absolute atomic E-state index is 0.000747. The van der Waals surface area contributed by atoms with Crippen molar-refractivity contribution in [3.8, 4) is 5.75 Å². The summed E-state index contributed by atoms with van der Waals surface area (Å²) in [4.78, 5) is 48.3. The van der Waals surface area contributed by atoms with E-state index in [1.54, 1.807) is 11.8 Å². The quantitative estimate of drug-likeness (QED) is 0.315. The molecule has 2 aliphatic rings. The van der Waals surface area contributed by atoms with Gasteiger partial charge in [0.15, 0.2) is 5.82 Å². The number of nitrogens with zero attached hydrogens (tertiary/aromatic N) is 6. The monoisotopic (exact) mass is 671 g/mol. The number of nitrogens with one attached hydrogen (secondary N) is 1. The van der Waals surface area contributed by atoms with E-state index in [2.05, 4.69) is 15.4 Å². The molecule has 1 saturated heterocycles. The van der Waals surface area contributed by atoms with E-state index in [4.69, 9.17) is 16.3 Å². The van der Waals surface area contributed by atoms with Crippen LogP contribution in [0.3, 0.4) is 0 Å². The molecule has 16 heteroatoms. The van der Waals surface area contributed by atoms with Crippen molar-refractivity contribution < 1.29 is 32.6 Å². The van der Waals surface area contributed by atoms with Gasteiger partial charge in [-0.3, -0.25) is 14.4 Å². The highest BCUT2D eigenvalue weighted by Crippen LogP contribution is 2.30. The molecule has 0 bridgehead atoms. The van der Waals surface area contributed by atoms with E-state index in [0.717, 1.165) is 34.4 Å². The molecule has 2 aromatic heterocycles. The van der Waals surface area contributed by atoms with E-state index < -0.39 is 29.1 Å². The Kier molecular flexibility index (Phi) is 8.68. The highest BCUT2D eigenvalue weighted by molar-refractivity contribution is 6.34. The number of phenols is 1. The number of fused-ring (bicyclic) bond motifs is 1. The zero-order valence-corrected chi connectivity index (χ0v) is 25.8. The molecular weight excluding hydrogens is 643 g/mol. The fourth-order valence-corrected chi connectivity index (χ4v) is 5.92. The van der Waals surface area contributed by atoms with E-state index >= 15 is 0 Å². The molecule has 12 nitrogen and oxygen atoms in total. The minimum Gasteiger partial charge on any atom is -0.507 e. The van der Waals surface area contributed by atoms with Crippen molar-refractivity contribution in [1.82, 2.24) is 24.1 Å². The first-order valence-electron chi connectivity index (χ1n) is 14.7. The molecule has 0 radical (unpaired) electrons. The van der Waals surface area contributed by atoms with Crippen LogP contribution in [0, 0.1) is 6.92 Å². The average molecular weight is 672 g/mol.